The molecular weight excluding hydrogens is 306 g/mol. The van der Waals surface area contributed by atoms with Crippen LogP contribution in [0.25, 0.3) is 11.0 Å². The molecule has 2 fully saturated rings. The van der Waals surface area contributed by atoms with Crippen molar-refractivity contribution >= 4 is 16.9 Å². The Labute approximate surface area is 141 Å². The largest absolute Gasteiger partial charge is 0.382 e. The molecule has 0 unspecified atom stereocenters. The number of rotatable bonds is 4. The average molecular weight is 329 g/mol. The second kappa shape index (κ2) is 5.86. The maximum absolute atomic E-state index is 13.0. The summed E-state index contributed by atoms with van der Waals surface area (Å²) in [7, 11) is 1.70. The van der Waals surface area contributed by atoms with E-state index in [1.807, 2.05) is 31.2 Å². The number of hydrogen-bond acceptors (Lipinski definition) is 5. The Morgan fingerprint density at radius 3 is 3.04 bits per heavy atom. The third kappa shape index (κ3) is 2.24. The minimum absolute atomic E-state index is 0.0243. The summed E-state index contributed by atoms with van der Waals surface area (Å²) in [5, 5.41) is 0. The fourth-order valence-corrected chi connectivity index (χ4v) is 4.18. The standard InChI is InChI=1S/C18H23N3O3/c1-3-21-15-7-5-4-6-14(15)19-16(17(21)22)20-10-13-8-9-24-18(13,11-20)12-23-2/h4-7,13H,3,8-12H2,1-2H3/t13-,18-/m0/s1. The van der Waals surface area contributed by atoms with Crippen molar-refractivity contribution in [3.63, 3.8) is 0 Å². The molecule has 2 aromatic rings. The number of para-hydroxylation sites is 2. The molecule has 2 saturated heterocycles. The Balaban J connectivity index is 1.78. The molecule has 0 saturated carbocycles. The molecule has 128 valence electrons. The Bertz CT molecular complexity index is 819. The van der Waals surface area contributed by atoms with Gasteiger partial charge in [-0.15, -0.1) is 0 Å². The maximum atomic E-state index is 13.0. The van der Waals surface area contributed by atoms with E-state index < -0.39 is 0 Å². The summed E-state index contributed by atoms with van der Waals surface area (Å²) in [6, 6.07) is 7.81. The quantitative estimate of drug-likeness (QED) is 0.854. The molecule has 0 bridgehead atoms. The SMILES string of the molecule is CCn1c(=O)c(N2C[C@@H]3CCO[C@]3(COC)C2)nc2ccccc21. The fourth-order valence-electron chi connectivity index (χ4n) is 4.18. The van der Waals surface area contributed by atoms with Crippen molar-refractivity contribution < 1.29 is 9.47 Å². The summed E-state index contributed by atoms with van der Waals surface area (Å²) in [5.41, 5.74) is 1.42. The van der Waals surface area contributed by atoms with E-state index in [9.17, 15) is 4.79 Å². The normalized spacial score (nSPS) is 26.2. The van der Waals surface area contributed by atoms with Gasteiger partial charge >= 0.3 is 0 Å². The van der Waals surface area contributed by atoms with Gasteiger partial charge in [0.15, 0.2) is 5.82 Å². The molecule has 1 aromatic carbocycles. The van der Waals surface area contributed by atoms with Crippen LogP contribution in [0.5, 0.6) is 0 Å². The highest BCUT2D eigenvalue weighted by molar-refractivity contribution is 5.76. The average Bonchev–Trinajstić information content (AvgIpc) is 3.11. The predicted octanol–water partition coefficient (Wildman–Crippen LogP) is 1.66. The van der Waals surface area contributed by atoms with Crippen molar-refractivity contribution in [3.05, 3.63) is 34.6 Å². The number of anilines is 1. The molecule has 0 aliphatic carbocycles. The van der Waals surface area contributed by atoms with Gasteiger partial charge in [-0.2, -0.15) is 0 Å². The lowest BCUT2D eigenvalue weighted by molar-refractivity contribution is -0.0511. The predicted molar refractivity (Wildman–Crippen MR) is 92.6 cm³/mol. The van der Waals surface area contributed by atoms with Crippen LogP contribution in [0.1, 0.15) is 13.3 Å². The van der Waals surface area contributed by atoms with Crippen LogP contribution < -0.4 is 10.5 Å². The lowest BCUT2D eigenvalue weighted by Gasteiger charge is -2.27. The van der Waals surface area contributed by atoms with Gasteiger partial charge in [-0.3, -0.25) is 4.79 Å². The topological polar surface area (TPSA) is 56.6 Å². The van der Waals surface area contributed by atoms with E-state index in [-0.39, 0.29) is 11.2 Å². The molecule has 0 spiro atoms. The van der Waals surface area contributed by atoms with Gasteiger partial charge < -0.3 is 18.9 Å². The van der Waals surface area contributed by atoms with E-state index in [0.717, 1.165) is 30.6 Å². The molecular formula is C18H23N3O3. The molecule has 1 aromatic heterocycles. The van der Waals surface area contributed by atoms with Gasteiger partial charge in [-0.1, -0.05) is 12.1 Å². The van der Waals surface area contributed by atoms with Gasteiger partial charge in [0.2, 0.25) is 0 Å². The van der Waals surface area contributed by atoms with E-state index in [1.54, 1.807) is 11.7 Å². The lowest BCUT2D eigenvalue weighted by atomic mass is 9.92. The van der Waals surface area contributed by atoms with E-state index >= 15 is 0 Å². The van der Waals surface area contributed by atoms with Crippen LogP contribution >= 0.6 is 0 Å². The summed E-state index contributed by atoms with van der Waals surface area (Å²) >= 11 is 0. The van der Waals surface area contributed by atoms with Crippen LogP contribution in [0.15, 0.2) is 29.1 Å². The van der Waals surface area contributed by atoms with E-state index in [2.05, 4.69) is 9.88 Å². The summed E-state index contributed by atoms with van der Waals surface area (Å²) in [6.45, 7) is 5.41. The van der Waals surface area contributed by atoms with Crippen LogP contribution in [0, 0.1) is 5.92 Å². The molecule has 3 heterocycles. The van der Waals surface area contributed by atoms with Crippen molar-refractivity contribution in [2.24, 2.45) is 5.92 Å². The molecule has 4 rings (SSSR count). The zero-order valence-electron chi connectivity index (χ0n) is 14.2. The number of hydrogen-bond donors (Lipinski definition) is 0. The second-order valence-electron chi connectivity index (χ2n) is 6.69. The molecule has 0 amide bonds. The van der Waals surface area contributed by atoms with Crippen molar-refractivity contribution in [2.45, 2.75) is 25.5 Å². The molecule has 0 N–H and O–H groups in total. The van der Waals surface area contributed by atoms with Gasteiger partial charge in [0, 0.05) is 32.7 Å². The number of ether oxygens (including phenoxy) is 2. The van der Waals surface area contributed by atoms with E-state index in [0.29, 0.717) is 31.4 Å². The summed E-state index contributed by atoms with van der Waals surface area (Å²) in [6.07, 6.45) is 1.01. The minimum atomic E-state index is -0.300. The molecule has 6 nitrogen and oxygen atoms in total. The molecule has 24 heavy (non-hydrogen) atoms. The van der Waals surface area contributed by atoms with Crippen LogP contribution in [0.2, 0.25) is 0 Å². The minimum Gasteiger partial charge on any atom is -0.382 e. The summed E-state index contributed by atoms with van der Waals surface area (Å²) < 4.78 is 13.2. The Morgan fingerprint density at radius 1 is 1.42 bits per heavy atom. The summed E-state index contributed by atoms with van der Waals surface area (Å²) in [4.78, 5) is 19.7. The number of methoxy groups -OCH3 is 1. The van der Waals surface area contributed by atoms with Gasteiger partial charge in [0.25, 0.3) is 5.56 Å². The van der Waals surface area contributed by atoms with Gasteiger partial charge in [-0.25, -0.2) is 4.98 Å². The smallest absolute Gasteiger partial charge is 0.293 e. The van der Waals surface area contributed by atoms with Crippen molar-refractivity contribution in [1.82, 2.24) is 9.55 Å². The molecule has 6 heteroatoms. The zero-order chi connectivity index (χ0) is 16.7. The first kappa shape index (κ1) is 15.6. The monoisotopic (exact) mass is 329 g/mol. The highest BCUT2D eigenvalue weighted by atomic mass is 16.5. The molecule has 2 aliphatic rings. The first-order valence-electron chi connectivity index (χ1n) is 8.56. The second-order valence-corrected chi connectivity index (χ2v) is 6.69. The van der Waals surface area contributed by atoms with Crippen LogP contribution in [0.4, 0.5) is 5.82 Å². The van der Waals surface area contributed by atoms with Gasteiger partial charge in [-0.05, 0) is 25.5 Å². The van der Waals surface area contributed by atoms with Crippen LogP contribution in [-0.2, 0) is 16.0 Å². The highest BCUT2D eigenvalue weighted by Gasteiger charge is 2.52. The highest BCUT2D eigenvalue weighted by Crippen LogP contribution is 2.40. The van der Waals surface area contributed by atoms with Gasteiger partial charge in [0.1, 0.15) is 5.60 Å². The zero-order valence-corrected chi connectivity index (χ0v) is 14.2. The Morgan fingerprint density at radius 2 is 2.25 bits per heavy atom. The van der Waals surface area contributed by atoms with E-state index in [1.165, 1.54) is 0 Å². The third-order valence-electron chi connectivity index (χ3n) is 5.34. The number of nitrogens with zero attached hydrogens (tertiary/aromatic N) is 3. The molecule has 2 aliphatic heterocycles. The van der Waals surface area contributed by atoms with Crippen molar-refractivity contribution in [3.8, 4) is 0 Å². The third-order valence-corrected chi connectivity index (χ3v) is 5.34. The van der Waals surface area contributed by atoms with E-state index in [4.69, 9.17) is 9.47 Å². The number of aryl methyl sites for hydroxylation is 1. The summed E-state index contributed by atoms with van der Waals surface area (Å²) in [5.74, 6) is 0.921. The Hall–Kier alpha value is -1.92. The van der Waals surface area contributed by atoms with Crippen LogP contribution in [-0.4, -0.2) is 48.6 Å². The van der Waals surface area contributed by atoms with Crippen molar-refractivity contribution in [2.75, 3.05) is 38.3 Å². The van der Waals surface area contributed by atoms with Crippen LogP contribution in [0.3, 0.4) is 0 Å². The maximum Gasteiger partial charge on any atom is 0.293 e. The first-order valence-corrected chi connectivity index (χ1v) is 8.56. The first-order chi connectivity index (χ1) is 11.7. The number of benzene rings is 1. The van der Waals surface area contributed by atoms with Crippen molar-refractivity contribution in [1.29, 1.82) is 0 Å². The van der Waals surface area contributed by atoms with Gasteiger partial charge in [0.05, 0.1) is 24.2 Å². The Kier molecular flexibility index (Phi) is 3.81. The molecule has 2 atom stereocenters. The lowest BCUT2D eigenvalue weighted by Crippen LogP contribution is -2.42. The molecule has 0 radical (unpaired) electrons. The number of fused-ring (bicyclic) bond motifs is 2. The number of aromatic nitrogens is 2. The fraction of sp³-hybridized carbons (Fsp3) is 0.556.